The second-order valence-corrected chi connectivity index (χ2v) is 20.0. The van der Waals surface area contributed by atoms with E-state index in [1.165, 1.54) is 128 Å². The molecule has 368 valence electrons. The van der Waals surface area contributed by atoms with E-state index in [9.17, 15) is 19.0 Å². The molecule has 0 aromatic rings. The Balaban J connectivity index is 3.87. The van der Waals surface area contributed by atoms with E-state index in [0.717, 1.165) is 64.2 Å². The van der Waals surface area contributed by atoms with E-state index in [0.29, 0.717) is 17.4 Å². The van der Waals surface area contributed by atoms with Crippen molar-refractivity contribution in [3.05, 3.63) is 48.6 Å². The summed E-state index contributed by atoms with van der Waals surface area (Å²) in [6.45, 7) is 4.26. The highest BCUT2D eigenvalue weighted by Crippen LogP contribution is 2.43. The van der Waals surface area contributed by atoms with Crippen LogP contribution in [0.15, 0.2) is 48.6 Å². The number of ether oxygens (including phenoxy) is 2. The number of hydrogen-bond acceptors (Lipinski definition) is 7. The smallest absolute Gasteiger partial charge is 0.462 e. The Kier molecular flexibility index (Phi) is 43.7. The van der Waals surface area contributed by atoms with Crippen molar-refractivity contribution in [3.63, 3.8) is 0 Å². The predicted octanol–water partition coefficient (Wildman–Crippen LogP) is 15.4. The number of hydrogen-bond donors (Lipinski definition) is 1. The summed E-state index contributed by atoms with van der Waals surface area (Å²) in [6.07, 6.45) is 55.1. The summed E-state index contributed by atoms with van der Waals surface area (Å²) in [5.74, 6) is -0.801. The first-order valence-electron chi connectivity index (χ1n) is 25.9. The summed E-state index contributed by atoms with van der Waals surface area (Å²) in [5.41, 5.74) is 0. The van der Waals surface area contributed by atoms with Crippen LogP contribution in [0.25, 0.3) is 0 Å². The maximum Gasteiger partial charge on any atom is 0.472 e. The average Bonchev–Trinajstić information content (AvgIpc) is 3.24. The first kappa shape index (κ1) is 61.0. The van der Waals surface area contributed by atoms with Crippen molar-refractivity contribution in [1.29, 1.82) is 0 Å². The highest BCUT2D eigenvalue weighted by atomic mass is 31.2. The van der Waals surface area contributed by atoms with Crippen LogP contribution in [0.1, 0.15) is 226 Å². The second kappa shape index (κ2) is 45.1. The fourth-order valence-electron chi connectivity index (χ4n) is 7.12. The largest absolute Gasteiger partial charge is 0.472 e. The average molecular weight is 909 g/mol. The molecule has 0 aromatic carbocycles. The van der Waals surface area contributed by atoms with Crippen molar-refractivity contribution < 1.29 is 42.1 Å². The monoisotopic (exact) mass is 909 g/mol. The van der Waals surface area contributed by atoms with Gasteiger partial charge in [0.15, 0.2) is 6.10 Å². The zero-order valence-electron chi connectivity index (χ0n) is 41.6. The van der Waals surface area contributed by atoms with Gasteiger partial charge in [-0.1, -0.05) is 210 Å². The first-order chi connectivity index (χ1) is 30.5. The van der Waals surface area contributed by atoms with Crippen LogP contribution in [0.3, 0.4) is 0 Å². The molecule has 0 rings (SSSR count). The summed E-state index contributed by atoms with van der Waals surface area (Å²) in [4.78, 5) is 35.2. The van der Waals surface area contributed by atoms with Gasteiger partial charge in [0.25, 0.3) is 0 Å². The number of carbonyl (C=O) groups is 2. The number of rotatable bonds is 47. The molecular formula is C53H99NO8P+. The highest BCUT2D eigenvalue weighted by molar-refractivity contribution is 7.47. The number of quaternary nitrogens is 1. The van der Waals surface area contributed by atoms with Crippen molar-refractivity contribution in [3.8, 4) is 0 Å². The Hall–Kier alpha value is -2.03. The minimum Gasteiger partial charge on any atom is -0.462 e. The van der Waals surface area contributed by atoms with E-state index in [-0.39, 0.29) is 32.0 Å². The van der Waals surface area contributed by atoms with E-state index < -0.39 is 26.5 Å². The number of likely N-dealkylation sites (N-methyl/N-ethyl adjacent to an activating group) is 1. The van der Waals surface area contributed by atoms with Gasteiger partial charge in [-0.3, -0.25) is 18.6 Å². The van der Waals surface area contributed by atoms with Gasteiger partial charge in [0.05, 0.1) is 27.7 Å². The van der Waals surface area contributed by atoms with Crippen LogP contribution in [0.5, 0.6) is 0 Å². The van der Waals surface area contributed by atoms with Gasteiger partial charge in [-0.25, -0.2) is 4.57 Å². The number of nitrogens with zero attached hydrogens (tertiary/aromatic N) is 1. The third kappa shape index (κ3) is 49.2. The van der Waals surface area contributed by atoms with Gasteiger partial charge in [0.2, 0.25) is 0 Å². The lowest BCUT2D eigenvalue weighted by Gasteiger charge is -2.24. The lowest BCUT2D eigenvalue weighted by Crippen LogP contribution is -2.37. The molecule has 0 radical (unpaired) electrons. The second-order valence-electron chi connectivity index (χ2n) is 18.5. The molecule has 0 aromatic heterocycles. The van der Waals surface area contributed by atoms with E-state index in [1.807, 2.05) is 21.1 Å². The van der Waals surface area contributed by atoms with Crippen molar-refractivity contribution in [2.75, 3.05) is 47.5 Å². The number of carbonyl (C=O) groups excluding carboxylic acids is 2. The molecule has 0 bridgehead atoms. The number of esters is 2. The molecule has 0 saturated carbocycles. The predicted molar refractivity (Wildman–Crippen MR) is 266 cm³/mol. The van der Waals surface area contributed by atoms with Crippen molar-refractivity contribution in [2.24, 2.45) is 0 Å². The van der Waals surface area contributed by atoms with Crippen LogP contribution in [-0.2, 0) is 32.7 Å². The summed E-state index contributed by atoms with van der Waals surface area (Å²) in [7, 11) is 1.48. The summed E-state index contributed by atoms with van der Waals surface area (Å²) in [5, 5.41) is 0. The molecule has 0 aliphatic carbocycles. The van der Waals surface area contributed by atoms with Gasteiger partial charge >= 0.3 is 19.8 Å². The molecule has 0 aliphatic heterocycles. The molecule has 63 heavy (non-hydrogen) atoms. The fourth-order valence-corrected chi connectivity index (χ4v) is 7.87. The Morgan fingerprint density at radius 3 is 1.35 bits per heavy atom. The Bertz CT molecular complexity index is 1210. The van der Waals surface area contributed by atoms with Gasteiger partial charge in [-0.05, 0) is 51.4 Å². The molecule has 0 amide bonds. The number of phosphoric ester groups is 1. The zero-order valence-corrected chi connectivity index (χ0v) is 42.5. The molecule has 1 N–H and O–H groups in total. The van der Waals surface area contributed by atoms with Crippen molar-refractivity contribution in [1.82, 2.24) is 0 Å². The fraction of sp³-hybridized carbons (Fsp3) is 0.811. The van der Waals surface area contributed by atoms with Crippen molar-refractivity contribution in [2.45, 2.75) is 232 Å². The van der Waals surface area contributed by atoms with Gasteiger partial charge < -0.3 is 18.9 Å². The number of allylic oxidation sites excluding steroid dienone is 8. The maximum atomic E-state index is 12.7. The normalized spacial score (nSPS) is 13.8. The van der Waals surface area contributed by atoms with E-state index in [2.05, 4.69) is 62.5 Å². The summed E-state index contributed by atoms with van der Waals surface area (Å²) >= 11 is 0. The first-order valence-corrected chi connectivity index (χ1v) is 27.4. The minimum absolute atomic E-state index is 0.0332. The molecule has 0 spiro atoms. The molecule has 2 unspecified atom stereocenters. The molecule has 0 fully saturated rings. The topological polar surface area (TPSA) is 108 Å². The lowest BCUT2D eigenvalue weighted by molar-refractivity contribution is -0.870. The third-order valence-electron chi connectivity index (χ3n) is 11.1. The zero-order chi connectivity index (χ0) is 46.4. The van der Waals surface area contributed by atoms with Gasteiger partial charge in [-0.2, -0.15) is 0 Å². The quantitative estimate of drug-likeness (QED) is 0.0211. The van der Waals surface area contributed by atoms with E-state index in [1.54, 1.807) is 0 Å². The number of phosphoric acid groups is 1. The van der Waals surface area contributed by atoms with Gasteiger partial charge in [0.1, 0.15) is 19.8 Å². The maximum absolute atomic E-state index is 12.7. The van der Waals surface area contributed by atoms with Crippen LogP contribution < -0.4 is 0 Å². The van der Waals surface area contributed by atoms with E-state index in [4.69, 9.17) is 18.5 Å². The van der Waals surface area contributed by atoms with Gasteiger partial charge in [0, 0.05) is 12.8 Å². The van der Waals surface area contributed by atoms with Crippen LogP contribution in [0, 0.1) is 0 Å². The number of unbranched alkanes of at least 4 members (excludes halogenated alkanes) is 25. The highest BCUT2D eigenvalue weighted by Gasteiger charge is 2.27. The molecule has 2 atom stereocenters. The standard InChI is InChI=1S/C53H98NO8P/c1-6-8-10-12-14-15-16-17-18-19-20-21-22-23-24-25-26-27-28-29-30-31-32-33-34-35-36-37-38-39-40-42-44-46-53(56)62-51(49-59-52(55)45-43-41-13-11-9-7-2)50-61-63(57,58)60-48-47-54(3,4)5/h8,10,14-15,17-18,20-21,51H,6-7,9,11-13,16,19,22-50H2,1-5H3/p+1/b10-8-,15-14-,18-17-,21-20-. The SMILES string of the molecule is CC/C=C\C/C=C\C/C=C\C/C=C\CCCCCCCCCCCCCCCCCCCCCCC(=O)OC(COC(=O)CCCCCCCC)COP(=O)(O)OCC[N+](C)(C)C. The van der Waals surface area contributed by atoms with Crippen molar-refractivity contribution >= 4 is 19.8 Å². The van der Waals surface area contributed by atoms with Crippen LogP contribution in [-0.4, -0.2) is 74.9 Å². The van der Waals surface area contributed by atoms with Gasteiger partial charge in [-0.15, -0.1) is 0 Å². The Morgan fingerprint density at radius 1 is 0.508 bits per heavy atom. The molecule has 0 aliphatic rings. The summed E-state index contributed by atoms with van der Waals surface area (Å²) in [6, 6.07) is 0. The van der Waals surface area contributed by atoms with Crippen LogP contribution in [0.2, 0.25) is 0 Å². The Morgan fingerprint density at radius 2 is 0.905 bits per heavy atom. The van der Waals surface area contributed by atoms with Crippen LogP contribution >= 0.6 is 7.82 Å². The molecule has 0 saturated heterocycles. The summed E-state index contributed by atoms with van der Waals surface area (Å²) < 4.78 is 34.2. The Labute approximate surface area is 388 Å². The molecule has 10 heteroatoms. The van der Waals surface area contributed by atoms with E-state index >= 15 is 0 Å². The molecule has 0 heterocycles. The lowest BCUT2D eigenvalue weighted by atomic mass is 10.0. The third-order valence-corrected chi connectivity index (χ3v) is 12.1. The molecule has 9 nitrogen and oxygen atoms in total. The molecular weight excluding hydrogens is 810 g/mol. The van der Waals surface area contributed by atoms with Crippen LogP contribution in [0.4, 0.5) is 0 Å². The minimum atomic E-state index is -4.37.